The molecule has 1 rings (SSSR count). The number of benzene rings is 1. The molecular weight excluding hydrogens is 318 g/mol. The van der Waals surface area contributed by atoms with Gasteiger partial charge in [-0.3, -0.25) is 4.79 Å². The summed E-state index contributed by atoms with van der Waals surface area (Å²) in [7, 11) is 1.63. The predicted molar refractivity (Wildman–Crippen MR) is 78.1 cm³/mol. The van der Waals surface area contributed by atoms with Gasteiger partial charge in [0.25, 0.3) is 4.82 Å². The molecule has 5 heteroatoms. The molecule has 0 aromatic heterocycles. The molecule has 1 N–H and O–H groups in total. The van der Waals surface area contributed by atoms with Crippen LogP contribution in [0.2, 0.25) is 5.02 Å². The molecular formula is C13H17BrClNO2. The fourth-order valence-corrected chi connectivity index (χ4v) is 2.04. The first-order chi connectivity index (χ1) is 8.27. The lowest BCUT2D eigenvalue weighted by molar-refractivity contribution is 0.259. The van der Waals surface area contributed by atoms with Crippen LogP contribution in [0.3, 0.4) is 0 Å². The Labute approximate surface area is 121 Å². The highest BCUT2D eigenvalue weighted by molar-refractivity contribution is 9.18. The van der Waals surface area contributed by atoms with Gasteiger partial charge in [0, 0.05) is 38.5 Å². The third kappa shape index (κ3) is 3.62. The van der Waals surface area contributed by atoms with Crippen molar-refractivity contribution in [2.45, 2.75) is 26.2 Å². The Balaban J connectivity index is 3.13. The first-order valence-electron chi connectivity index (χ1n) is 5.56. The standard InChI is InChI=1S/C13H17BrClNO2/c1-8-5-11(18-4)9(6-10(8)15)13(2,3)7-16-12(14)17/h5-6H,7H2,1-4H3,(H,16,17). The van der Waals surface area contributed by atoms with Gasteiger partial charge in [-0.25, -0.2) is 0 Å². The van der Waals surface area contributed by atoms with Gasteiger partial charge in [0.05, 0.1) is 7.11 Å². The summed E-state index contributed by atoms with van der Waals surface area (Å²) in [4.78, 5) is 10.7. The molecule has 0 atom stereocenters. The molecule has 0 spiro atoms. The Morgan fingerprint density at radius 1 is 1.50 bits per heavy atom. The highest BCUT2D eigenvalue weighted by Gasteiger charge is 2.25. The number of halogens is 2. The second-order valence-electron chi connectivity index (χ2n) is 4.81. The van der Waals surface area contributed by atoms with Crippen LogP contribution in [-0.4, -0.2) is 18.5 Å². The third-order valence-corrected chi connectivity index (χ3v) is 3.57. The van der Waals surface area contributed by atoms with Crippen LogP contribution >= 0.6 is 27.5 Å². The van der Waals surface area contributed by atoms with Gasteiger partial charge in [-0.05, 0) is 24.6 Å². The zero-order valence-electron chi connectivity index (χ0n) is 10.9. The molecule has 0 aliphatic rings. The summed E-state index contributed by atoms with van der Waals surface area (Å²) < 4.78 is 5.39. The molecule has 0 saturated carbocycles. The maximum atomic E-state index is 10.9. The lowest BCUT2D eigenvalue weighted by atomic mass is 9.83. The molecule has 0 aliphatic carbocycles. The number of hydrogen-bond donors (Lipinski definition) is 1. The average Bonchev–Trinajstić information content (AvgIpc) is 2.29. The number of carbonyl (C=O) groups is 1. The SMILES string of the molecule is COc1cc(C)c(Cl)cc1C(C)(C)CNC(=O)Br. The molecule has 3 nitrogen and oxygen atoms in total. The number of nitrogens with one attached hydrogen (secondary N) is 1. The number of methoxy groups -OCH3 is 1. The van der Waals surface area contributed by atoms with Gasteiger partial charge in [-0.1, -0.05) is 25.4 Å². The van der Waals surface area contributed by atoms with E-state index in [0.717, 1.165) is 16.9 Å². The van der Waals surface area contributed by atoms with Crippen molar-refractivity contribution in [2.75, 3.05) is 13.7 Å². The van der Waals surface area contributed by atoms with E-state index in [2.05, 4.69) is 21.2 Å². The molecule has 1 amide bonds. The van der Waals surface area contributed by atoms with Crippen molar-refractivity contribution in [3.8, 4) is 5.75 Å². The molecule has 0 bridgehead atoms. The van der Waals surface area contributed by atoms with E-state index in [-0.39, 0.29) is 10.2 Å². The number of hydrogen-bond acceptors (Lipinski definition) is 2. The van der Waals surface area contributed by atoms with Crippen molar-refractivity contribution in [3.05, 3.63) is 28.3 Å². The van der Waals surface area contributed by atoms with E-state index in [9.17, 15) is 4.79 Å². The fraction of sp³-hybridized carbons (Fsp3) is 0.462. The van der Waals surface area contributed by atoms with E-state index in [1.54, 1.807) is 7.11 Å². The number of rotatable bonds is 4. The Hall–Kier alpha value is -0.740. The van der Waals surface area contributed by atoms with E-state index in [0.29, 0.717) is 11.6 Å². The van der Waals surface area contributed by atoms with Crippen molar-refractivity contribution in [1.82, 2.24) is 5.32 Å². The number of amides is 1. The molecule has 0 aliphatic heterocycles. The maximum Gasteiger partial charge on any atom is 0.287 e. The second kappa shape index (κ2) is 5.93. The van der Waals surface area contributed by atoms with Gasteiger partial charge in [0.15, 0.2) is 0 Å². The molecule has 0 radical (unpaired) electrons. The van der Waals surface area contributed by atoms with Crippen LogP contribution in [0, 0.1) is 6.92 Å². The summed E-state index contributed by atoms with van der Waals surface area (Å²) in [5, 5.41) is 3.45. The molecule has 0 heterocycles. The molecule has 1 aromatic carbocycles. The Kier molecular flexibility index (Phi) is 5.05. The topological polar surface area (TPSA) is 38.3 Å². The Morgan fingerprint density at radius 3 is 2.61 bits per heavy atom. The van der Waals surface area contributed by atoms with Crippen LogP contribution < -0.4 is 10.1 Å². The molecule has 100 valence electrons. The number of ether oxygens (including phenoxy) is 1. The number of aryl methyl sites for hydroxylation is 1. The summed E-state index contributed by atoms with van der Waals surface area (Å²) in [6.45, 7) is 6.48. The highest BCUT2D eigenvalue weighted by atomic mass is 79.9. The summed E-state index contributed by atoms with van der Waals surface area (Å²) in [5.41, 5.74) is 1.67. The zero-order valence-corrected chi connectivity index (χ0v) is 13.3. The molecule has 18 heavy (non-hydrogen) atoms. The Morgan fingerprint density at radius 2 is 2.11 bits per heavy atom. The minimum Gasteiger partial charge on any atom is -0.496 e. The second-order valence-corrected chi connectivity index (χ2v) is 5.94. The lowest BCUT2D eigenvalue weighted by Crippen LogP contribution is -2.34. The summed E-state index contributed by atoms with van der Waals surface area (Å²) in [6, 6.07) is 3.81. The minimum atomic E-state index is -0.272. The quantitative estimate of drug-likeness (QED) is 0.666. The number of carbonyl (C=O) groups excluding carboxylic acids is 1. The first-order valence-corrected chi connectivity index (χ1v) is 6.73. The third-order valence-electron chi connectivity index (χ3n) is 2.88. The van der Waals surface area contributed by atoms with Crippen LogP contribution in [0.25, 0.3) is 0 Å². The van der Waals surface area contributed by atoms with Gasteiger partial charge in [-0.15, -0.1) is 0 Å². The fourth-order valence-electron chi connectivity index (χ4n) is 1.74. The lowest BCUT2D eigenvalue weighted by Gasteiger charge is -2.27. The van der Waals surface area contributed by atoms with Gasteiger partial charge in [0.2, 0.25) is 0 Å². The van der Waals surface area contributed by atoms with Gasteiger partial charge < -0.3 is 10.1 Å². The van der Waals surface area contributed by atoms with E-state index in [1.807, 2.05) is 32.9 Å². The van der Waals surface area contributed by atoms with Crippen LogP contribution in [0.1, 0.15) is 25.0 Å². The van der Waals surface area contributed by atoms with Crippen molar-refractivity contribution in [2.24, 2.45) is 0 Å². The van der Waals surface area contributed by atoms with Crippen molar-refractivity contribution in [1.29, 1.82) is 0 Å². The molecule has 0 fully saturated rings. The van der Waals surface area contributed by atoms with Crippen LogP contribution in [0.15, 0.2) is 12.1 Å². The minimum absolute atomic E-state index is 0.229. The highest BCUT2D eigenvalue weighted by Crippen LogP contribution is 2.35. The van der Waals surface area contributed by atoms with E-state index in [4.69, 9.17) is 16.3 Å². The normalized spacial score (nSPS) is 11.2. The van der Waals surface area contributed by atoms with Crippen molar-refractivity contribution in [3.63, 3.8) is 0 Å². The molecule has 1 aromatic rings. The van der Waals surface area contributed by atoms with E-state index < -0.39 is 0 Å². The predicted octanol–water partition coefficient (Wildman–Crippen LogP) is 4.04. The average molecular weight is 335 g/mol. The van der Waals surface area contributed by atoms with Gasteiger partial charge in [-0.2, -0.15) is 0 Å². The monoisotopic (exact) mass is 333 g/mol. The summed E-state index contributed by atoms with van der Waals surface area (Å²) >= 11 is 9.01. The van der Waals surface area contributed by atoms with Crippen LogP contribution in [0.5, 0.6) is 5.75 Å². The van der Waals surface area contributed by atoms with Gasteiger partial charge in [0.1, 0.15) is 5.75 Å². The largest absolute Gasteiger partial charge is 0.496 e. The van der Waals surface area contributed by atoms with E-state index in [1.165, 1.54) is 0 Å². The van der Waals surface area contributed by atoms with Crippen LogP contribution in [-0.2, 0) is 5.41 Å². The van der Waals surface area contributed by atoms with Gasteiger partial charge >= 0.3 is 0 Å². The summed E-state index contributed by atoms with van der Waals surface area (Å²) in [6.07, 6.45) is 0. The smallest absolute Gasteiger partial charge is 0.287 e. The van der Waals surface area contributed by atoms with Crippen molar-refractivity contribution < 1.29 is 9.53 Å². The Bertz CT molecular complexity index is 461. The first kappa shape index (κ1) is 15.3. The van der Waals surface area contributed by atoms with Crippen LogP contribution in [0.4, 0.5) is 4.79 Å². The zero-order chi connectivity index (χ0) is 13.9. The summed E-state index contributed by atoms with van der Waals surface area (Å²) in [5.74, 6) is 0.783. The molecule has 0 saturated heterocycles. The molecule has 0 unspecified atom stereocenters. The maximum absolute atomic E-state index is 10.9. The van der Waals surface area contributed by atoms with E-state index >= 15 is 0 Å². The van der Waals surface area contributed by atoms with Crippen molar-refractivity contribution >= 4 is 32.3 Å².